The standard InChI is InChI=1S/C26H27FN4O3/c1-16-11-24(34-2)22(21-7-9-28-25(16)21)15-30-10-8-20(31-14-19(27)13-29-31)12-23(30)17-3-5-18(6-4-17)26(32)33/h3-7,9,11,13-14,20,23,28H,8,10,12,15H2,1-2H3,(H,32,33)/t20-,23-/m1/s1. The lowest BCUT2D eigenvalue weighted by Gasteiger charge is -2.40. The molecule has 34 heavy (non-hydrogen) atoms. The zero-order chi connectivity index (χ0) is 23.8. The first-order valence-electron chi connectivity index (χ1n) is 11.3. The van der Waals surface area contributed by atoms with E-state index in [0.29, 0.717) is 6.54 Å². The van der Waals surface area contributed by atoms with Gasteiger partial charge in [-0.25, -0.2) is 9.18 Å². The average molecular weight is 463 g/mol. The van der Waals surface area contributed by atoms with Crippen molar-refractivity contribution in [3.8, 4) is 5.75 Å². The van der Waals surface area contributed by atoms with Gasteiger partial charge in [-0.05, 0) is 55.2 Å². The number of piperidine rings is 1. The molecule has 7 nitrogen and oxygen atoms in total. The molecule has 8 heteroatoms. The number of aromatic nitrogens is 3. The fraction of sp³-hybridized carbons (Fsp3) is 0.308. The lowest BCUT2D eigenvalue weighted by molar-refractivity contribution is 0.0696. The number of nitrogens with one attached hydrogen (secondary N) is 1. The van der Waals surface area contributed by atoms with E-state index in [1.54, 1.807) is 23.9 Å². The topological polar surface area (TPSA) is 83.4 Å². The normalized spacial score (nSPS) is 18.9. The smallest absolute Gasteiger partial charge is 0.335 e. The fourth-order valence-electron chi connectivity index (χ4n) is 5.12. The molecule has 2 atom stereocenters. The van der Waals surface area contributed by atoms with Crippen LogP contribution in [0.5, 0.6) is 5.75 Å². The summed E-state index contributed by atoms with van der Waals surface area (Å²) in [5, 5.41) is 14.7. The van der Waals surface area contributed by atoms with Crippen LogP contribution in [0.25, 0.3) is 10.9 Å². The van der Waals surface area contributed by atoms with Gasteiger partial charge in [0.25, 0.3) is 0 Å². The van der Waals surface area contributed by atoms with Gasteiger partial charge in [0.05, 0.1) is 31.1 Å². The highest BCUT2D eigenvalue weighted by Crippen LogP contribution is 2.40. The van der Waals surface area contributed by atoms with E-state index in [2.05, 4.69) is 34.0 Å². The van der Waals surface area contributed by atoms with E-state index in [9.17, 15) is 14.3 Å². The summed E-state index contributed by atoms with van der Waals surface area (Å²) < 4.78 is 21.1. The first-order chi connectivity index (χ1) is 16.4. The largest absolute Gasteiger partial charge is 0.496 e. The van der Waals surface area contributed by atoms with Crippen LogP contribution in [0.15, 0.2) is 55.0 Å². The summed E-state index contributed by atoms with van der Waals surface area (Å²) in [5.41, 5.74) is 4.62. The molecule has 0 spiro atoms. The summed E-state index contributed by atoms with van der Waals surface area (Å²) >= 11 is 0. The number of nitrogens with zero attached hydrogens (tertiary/aromatic N) is 3. The van der Waals surface area contributed by atoms with Crippen molar-refractivity contribution >= 4 is 16.9 Å². The van der Waals surface area contributed by atoms with Crippen LogP contribution in [0.1, 0.15) is 52.0 Å². The first kappa shape index (κ1) is 22.2. The number of benzene rings is 2. The van der Waals surface area contributed by atoms with Crippen LogP contribution in [0.3, 0.4) is 0 Å². The molecule has 1 fully saturated rings. The van der Waals surface area contributed by atoms with Crippen molar-refractivity contribution in [1.29, 1.82) is 0 Å². The molecule has 0 bridgehead atoms. The van der Waals surface area contributed by atoms with E-state index in [0.717, 1.165) is 52.7 Å². The van der Waals surface area contributed by atoms with E-state index in [-0.39, 0.29) is 23.5 Å². The Bertz CT molecular complexity index is 1330. The molecule has 2 N–H and O–H groups in total. The van der Waals surface area contributed by atoms with Crippen molar-refractivity contribution in [3.05, 3.63) is 83.1 Å². The maximum atomic E-state index is 13.7. The number of ether oxygens (including phenoxy) is 1. The summed E-state index contributed by atoms with van der Waals surface area (Å²) in [6.45, 7) is 3.51. The molecule has 4 aromatic rings. The number of fused-ring (bicyclic) bond motifs is 1. The van der Waals surface area contributed by atoms with Gasteiger partial charge in [-0.3, -0.25) is 9.58 Å². The van der Waals surface area contributed by atoms with Gasteiger partial charge in [-0.2, -0.15) is 5.10 Å². The Labute approximate surface area is 196 Å². The molecule has 1 aliphatic rings. The molecule has 5 rings (SSSR count). The Balaban J connectivity index is 1.51. The third-order valence-corrected chi connectivity index (χ3v) is 6.86. The number of aromatic amines is 1. The molecular weight excluding hydrogens is 435 g/mol. The molecule has 0 amide bonds. The van der Waals surface area contributed by atoms with Crippen LogP contribution in [-0.4, -0.2) is 44.4 Å². The van der Waals surface area contributed by atoms with Gasteiger partial charge in [0.2, 0.25) is 0 Å². The molecular formula is C26H27FN4O3. The van der Waals surface area contributed by atoms with Crippen molar-refractivity contribution < 1.29 is 19.0 Å². The quantitative estimate of drug-likeness (QED) is 0.417. The van der Waals surface area contributed by atoms with Gasteiger partial charge < -0.3 is 14.8 Å². The van der Waals surface area contributed by atoms with Gasteiger partial charge in [0.1, 0.15) is 5.75 Å². The number of carbonyl (C=O) groups is 1. The zero-order valence-corrected chi connectivity index (χ0v) is 19.2. The monoisotopic (exact) mass is 462 g/mol. The van der Waals surface area contributed by atoms with Crippen molar-refractivity contribution in [3.63, 3.8) is 0 Å². The number of carboxylic acids is 1. The number of aryl methyl sites for hydroxylation is 1. The second-order valence-electron chi connectivity index (χ2n) is 8.87. The predicted octanol–water partition coefficient (Wildman–Crippen LogP) is 5.10. The van der Waals surface area contributed by atoms with Gasteiger partial charge in [0.15, 0.2) is 5.82 Å². The average Bonchev–Trinajstić information content (AvgIpc) is 3.51. The number of carboxylic acid groups (broad SMARTS) is 1. The number of rotatable bonds is 6. The lowest BCUT2D eigenvalue weighted by Crippen LogP contribution is -2.37. The number of methoxy groups -OCH3 is 1. The maximum Gasteiger partial charge on any atom is 0.335 e. The minimum absolute atomic E-state index is 0.00820. The summed E-state index contributed by atoms with van der Waals surface area (Å²) in [5.74, 6) is -0.443. The number of hydrogen-bond donors (Lipinski definition) is 2. The molecule has 0 aliphatic carbocycles. The Hall–Kier alpha value is -3.65. The molecule has 176 valence electrons. The molecule has 0 unspecified atom stereocenters. The molecule has 1 aliphatic heterocycles. The van der Waals surface area contributed by atoms with Crippen LogP contribution in [0.4, 0.5) is 4.39 Å². The van der Waals surface area contributed by atoms with Crippen molar-refractivity contribution in [2.24, 2.45) is 0 Å². The zero-order valence-electron chi connectivity index (χ0n) is 19.2. The Kier molecular flexibility index (Phi) is 5.83. The Morgan fingerprint density at radius 2 is 2.09 bits per heavy atom. The number of aromatic carboxylic acids is 1. The fourth-order valence-corrected chi connectivity index (χ4v) is 5.12. The maximum absolute atomic E-state index is 13.7. The minimum atomic E-state index is -0.948. The Morgan fingerprint density at radius 3 is 2.76 bits per heavy atom. The van der Waals surface area contributed by atoms with Crippen LogP contribution in [0.2, 0.25) is 0 Å². The van der Waals surface area contributed by atoms with E-state index in [1.165, 1.54) is 12.4 Å². The van der Waals surface area contributed by atoms with Crippen molar-refractivity contribution in [1.82, 2.24) is 19.7 Å². The second-order valence-corrected chi connectivity index (χ2v) is 8.87. The Morgan fingerprint density at radius 1 is 1.29 bits per heavy atom. The van der Waals surface area contributed by atoms with Gasteiger partial charge in [-0.15, -0.1) is 0 Å². The van der Waals surface area contributed by atoms with E-state index >= 15 is 0 Å². The highest BCUT2D eigenvalue weighted by Gasteiger charge is 2.32. The third-order valence-electron chi connectivity index (χ3n) is 6.86. The summed E-state index contributed by atoms with van der Waals surface area (Å²) in [6.07, 6.45) is 6.19. The van der Waals surface area contributed by atoms with Crippen molar-refractivity contribution in [2.75, 3.05) is 13.7 Å². The summed E-state index contributed by atoms with van der Waals surface area (Å²) in [6, 6.07) is 11.2. The van der Waals surface area contributed by atoms with Crippen LogP contribution in [-0.2, 0) is 6.54 Å². The second kappa shape index (κ2) is 8.95. The number of H-pyrrole nitrogens is 1. The first-order valence-corrected chi connectivity index (χ1v) is 11.3. The van der Waals surface area contributed by atoms with Crippen molar-refractivity contribution in [2.45, 2.75) is 38.4 Å². The van der Waals surface area contributed by atoms with Crippen LogP contribution in [0, 0.1) is 12.7 Å². The SMILES string of the molecule is COc1cc(C)c2[nH]ccc2c1CN1CC[C@@H](n2cc(F)cn2)C[C@@H]1c1ccc(C(=O)O)cc1. The van der Waals surface area contributed by atoms with E-state index in [1.807, 2.05) is 18.3 Å². The highest BCUT2D eigenvalue weighted by atomic mass is 19.1. The number of halogens is 1. The third kappa shape index (κ3) is 4.05. The van der Waals surface area contributed by atoms with E-state index in [4.69, 9.17) is 4.74 Å². The molecule has 1 saturated heterocycles. The van der Waals surface area contributed by atoms with Crippen LogP contribution >= 0.6 is 0 Å². The minimum Gasteiger partial charge on any atom is -0.496 e. The molecule has 0 radical (unpaired) electrons. The van der Waals surface area contributed by atoms with Crippen LogP contribution < -0.4 is 4.74 Å². The summed E-state index contributed by atoms with van der Waals surface area (Å²) in [4.78, 5) is 17.1. The molecule has 0 saturated carbocycles. The molecule has 2 aromatic heterocycles. The lowest BCUT2D eigenvalue weighted by atomic mass is 9.90. The van der Waals surface area contributed by atoms with E-state index < -0.39 is 5.97 Å². The van der Waals surface area contributed by atoms with Gasteiger partial charge in [0, 0.05) is 41.8 Å². The summed E-state index contributed by atoms with van der Waals surface area (Å²) in [7, 11) is 1.69. The molecule has 2 aromatic carbocycles. The van der Waals surface area contributed by atoms with Gasteiger partial charge >= 0.3 is 5.97 Å². The number of hydrogen-bond acceptors (Lipinski definition) is 4. The predicted molar refractivity (Wildman–Crippen MR) is 127 cm³/mol. The molecule has 3 heterocycles. The number of likely N-dealkylation sites (tertiary alicyclic amines) is 1. The highest BCUT2D eigenvalue weighted by molar-refractivity contribution is 5.88. The van der Waals surface area contributed by atoms with Gasteiger partial charge in [-0.1, -0.05) is 12.1 Å².